The highest BCUT2D eigenvalue weighted by Gasteiger charge is 2.38. The smallest absolute Gasteiger partial charge is 0.311 e. The molecule has 0 aliphatic rings. The number of aliphatic carboxylic acids is 1. The summed E-state index contributed by atoms with van der Waals surface area (Å²) >= 11 is 0. The Labute approximate surface area is 226 Å². The van der Waals surface area contributed by atoms with Crippen molar-refractivity contribution < 1.29 is 29.0 Å². The summed E-state index contributed by atoms with van der Waals surface area (Å²) in [5.74, 6) is -0.559. The fraction of sp³-hybridized carbons (Fsp3) is 0.194. The molecular formula is C31H29NO7. The van der Waals surface area contributed by atoms with Gasteiger partial charge < -0.3 is 19.3 Å². The predicted molar refractivity (Wildman–Crippen MR) is 146 cm³/mol. The molecule has 0 aliphatic carbocycles. The van der Waals surface area contributed by atoms with E-state index in [2.05, 4.69) is 0 Å². The van der Waals surface area contributed by atoms with Crippen molar-refractivity contribution >= 4 is 11.7 Å². The van der Waals surface area contributed by atoms with Crippen LogP contribution in [0.3, 0.4) is 0 Å². The molecule has 0 amide bonds. The SMILES string of the molecule is COc1ccc(C(OCCC(C(=O)O)c2ccc([N+](=O)[O-])cc2)(c2ccccc2)c2ccc(OC)cc2)cc1. The molecule has 0 aromatic heterocycles. The van der Waals surface area contributed by atoms with E-state index in [0.29, 0.717) is 17.1 Å². The van der Waals surface area contributed by atoms with Gasteiger partial charge in [0.05, 0.1) is 25.1 Å². The number of hydrogen-bond donors (Lipinski definition) is 1. The van der Waals surface area contributed by atoms with E-state index in [1.54, 1.807) is 14.2 Å². The Morgan fingerprint density at radius 3 is 1.72 bits per heavy atom. The van der Waals surface area contributed by atoms with E-state index in [9.17, 15) is 20.0 Å². The van der Waals surface area contributed by atoms with Gasteiger partial charge in [0, 0.05) is 18.7 Å². The number of nitrogens with zero attached hydrogens (tertiary/aromatic N) is 1. The minimum Gasteiger partial charge on any atom is -0.497 e. The lowest BCUT2D eigenvalue weighted by Gasteiger charge is -2.36. The lowest BCUT2D eigenvalue weighted by Crippen LogP contribution is -2.34. The highest BCUT2D eigenvalue weighted by atomic mass is 16.6. The van der Waals surface area contributed by atoms with Crippen LogP contribution >= 0.6 is 0 Å². The van der Waals surface area contributed by atoms with Crippen molar-refractivity contribution in [3.05, 3.63) is 135 Å². The molecule has 0 spiro atoms. The molecule has 8 heteroatoms. The number of carbonyl (C=O) groups is 1. The van der Waals surface area contributed by atoms with Crippen LogP contribution in [0.4, 0.5) is 5.69 Å². The van der Waals surface area contributed by atoms with E-state index in [1.165, 1.54) is 24.3 Å². The third-order valence-corrected chi connectivity index (χ3v) is 6.70. The maximum absolute atomic E-state index is 12.2. The standard InChI is InChI=1S/C31H29NO7/c1-37-27-16-10-24(11-17-27)31(23-6-4-3-5-7-23,25-12-18-28(38-2)19-13-25)39-21-20-29(30(33)34)22-8-14-26(15-9-22)32(35)36/h3-19,29H,20-21H2,1-2H3,(H,33,34). The van der Waals surface area contributed by atoms with Crippen LogP contribution in [-0.4, -0.2) is 36.8 Å². The van der Waals surface area contributed by atoms with Crippen LogP contribution in [0.1, 0.15) is 34.6 Å². The Balaban J connectivity index is 1.75. The number of nitro benzene ring substituents is 1. The minimum atomic E-state index is -1.07. The number of hydrogen-bond acceptors (Lipinski definition) is 6. The average Bonchev–Trinajstić information content (AvgIpc) is 2.98. The summed E-state index contributed by atoms with van der Waals surface area (Å²) < 4.78 is 17.5. The highest BCUT2D eigenvalue weighted by Crippen LogP contribution is 2.42. The molecule has 200 valence electrons. The van der Waals surface area contributed by atoms with Crippen molar-refractivity contribution in [2.24, 2.45) is 0 Å². The van der Waals surface area contributed by atoms with Crippen molar-refractivity contribution in [2.75, 3.05) is 20.8 Å². The van der Waals surface area contributed by atoms with Crippen LogP contribution in [0.5, 0.6) is 11.5 Å². The summed E-state index contributed by atoms with van der Waals surface area (Å²) in [5, 5.41) is 21.0. The van der Waals surface area contributed by atoms with Crippen molar-refractivity contribution in [1.29, 1.82) is 0 Å². The molecule has 0 fully saturated rings. The zero-order chi connectivity index (χ0) is 27.8. The molecule has 4 rings (SSSR count). The summed E-state index contributed by atoms with van der Waals surface area (Å²) in [6.07, 6.45) is 0.147. The van der Waals surface area contributed by atoms with E-state index in [0.717, 1.165) is 16.7 Å². The average molecular weight is 528 g/mol. The first-order valence-corrected chi connectivity index (χ1v) is 12.3. The van der Waals surface area contributed by atoms with Crippen LogP contribution in [-0.2, 0) is 15.1 Å². The maximum atomic E-state index is 12.2. The first-order valence-electron chi connectivity index (χ1n) is 12.3. The number of ether oxygens (including phenoxy) is 3. The van der Waals surface area contributed by atoms with Crippen LogP contribution in [0.15, 0.2) is 103 Å². The van der Waals surface area contributed by atoms with E-state index in [1.807, 2.05) is 78.9 Å². The second-order valence-electron chi connectivity index (χ2n) is 8.88. The van der Waals surface area contributed by atoms with Crippen molar-refractivity contribution in [1.82, 2.24) is 0 Å². The van der Waals surface area contributed by atoms with Gasteiger partial charge in [0.1, 0.15) is 17.1 Å². The molecule has 39 heavy (non-hydrogen) atoms. The van der Waals surface area contributed by atoms with Gasteiger partial charge in [-0.2, -0.15) is 0 Å². The molecule has 0 bridgehead atoms. The fourth-order valence-corrected chi connectivity index (χ4v) is 4.67. The van der Waals surface area contributed by atoms with Gasteiger partial charge in [0.2, 0.25) is 0 Å². The van der Waals surface area contributed by atoms with Crippen molar-refractivity contribution in [2.45, 2.75) is 17.9 Å². The molecule has 0 saturated heterocycles. The van der Waals surface area contributed by atoms with E-state index < -0.39 is 22.4 Å². The second-order valence-corrected chi connectivity index (χ2v) is 8.88. The molecule has 4 aromatic rings. The molecule has 0 aliphatic heterocycles. The van der Waals surface area contributed by atoms with Crippen molar-refractivity contribution in [3.8, 4) is 11.5 Å². The number of non-ortho nitro benzene ring substituents is 1. The monoisotopic (exact) mass is 527 g/mol. The number of carboxylic acids is 1. The first-order chi connectivity index (χ1) is 18.9. The summed E-state index contributed by atoms with van der Waals surface area (Å²) in [5.41, 5.74) is 1.83. The molecule has 1 N–H and O–H groups in total. The number of carboxylic acid groups (broad SMARTS) is 1. The number of methoxy groups -OCH3 is 2. The Bertz CT molecular complexity index is 1340. The number of rotatable bonds is 12. The minimum absolute atomic E-state index is 0.0842. The third kappa shape index (κ3) is 5.91. The van der Waals surface area contributed by atoms with E-state index in [-0.39, 0.29) is 18.7 Å². The maximum Gasteiger partial charge on any atom is 0.311 e. The Morgan fingerprint density at radius 1 is 0.795 bits per heavy atom. The topological polar surface area (TPSA) is 108 Å². The summed E-state index contributed by atoms with van der Waals surface area (Å²) in [6, 6.07) is 30.5. The van der Waals surface area contributed by atoms with Gasteiger partial charge >= 0.3 is 5.97 Å². The number of benzene rings is 4. The van der Waals surface area contributed by atoms with E-state index in [4.69, 9.17) is 14.2 Å². The van der Waals surface area contributed by atoms with E-state index >= 15 is 0 Å². The van der Waals surface area contributed by atoms with Crippen LogP contribution in [0.25, 0.3) is 0 Å². The zero-order valence-electron chi connectivity index (χ0n) is 21.7. The highest BCUT2D eigenvalue weighted by molar-refractivity contribution is 5.76. The van der Waals surface area contributed by atoms with Gasteiger partial charge in [0.25, 0.3) is 5.69 Å². The molecule has 1 atom stereocenters. The lowest BCUT2D eigenvalue weighted by molar-refractivity contribution is -0.384. The molecule has 0 heterocycles. The summed E-state index contributed by atoms with van der Waals surface area (Å²) in [7, 11) is 3.20. The first kappa shape index (κ1) is 27.3. The third-order valence-electron chi connectivity index (χ3n) is 6.70. The Hall–Kier alpha value is -4.69. The summed E-state index contributed by atoms with van der Waals surface area (Å²) in [4.78, 5) is 22.7. The predicted octanol–water partition coefficient (Wildman–Crippen LogP) is 6.18. The number of nitro groups is 1. The van der Waals surface area contributed by atoms with Gasteiger partial charge in [-0.3, -0.25) is 14.9 Å². The molecule has 4 aromatic carbocycles. The Morgan fingerprint density at radius 2 is 1.28 bits per heavy atom. The molecule has 0 saturated carbocycles. The van der Waals surface area contributed by atoms with Gasteiger partial charge in [-0.05, 0) is 52.9 Å². The van der Waals surface area contributed by atoms with Gasteiger partial charge in [-0.1, -0.05) is 66.7 Å². The summed E-state index contributed by atoms with van der Waals surface area (Å²) in [6.45, 7) is 0.0842. The van der Waals surface area contributed by atoms with Gasteiger partial charge in [-0.15, -0.1) is 0 Å². The zero-order valence-corrected chi connectivity index (χ0v) is 21.7. The molecule has 8 nitrogen and oxygen atoms in total. The van der Waals surface area contributed by atoms with Gasteiger partial charge in [0.15, 0.2) is 0 Å². The largest absolute Gasteiger partial charge is 0.497 e. The normalized spacial score (nSPS) is 11.9. The van der Waals surface area contributed by atoms with Crippen LogP contribution in [0, 0.1) is 10.1 Å². The Kier molecular flexibility index (Phi) is 8.58. The lowest BCUT2D eigenvalue weighted by atomic mass is 9.80. The molecule has 1 unspecified atom stereocenters. The molecular weight excluding hydrogens is 498 g/mol. The fourth-order valence-electron chi connectivity index (χ4n) is 4.67. The second kappa shape index (κ2) is 12.2. The quantitative estimate of drug-likeness (QED) is 0.133. The molecule has 0 radical (unpaired) electrons. The van der Waals surface area contributed by atoms with Crippen LogP contribution in [0.2, 0.25) is 0 Å². The van der Waals surface area contributed by atoms with Crippen LogP contribution < -0.4 is 9.47 Å². The van der Waals surface area contributed by atoms with Crippen molar-refractivity contribution in [3.63, 3.8) is 0 Å². The van der Waals surface area contributed by atoms with Gasteiger partial charge in [-0.25, -0.2) is 0 Å².